The highest BCUT2D eigenvalue weighted by molar-refractivity contribution is 8.14. The van der Waals surface area contributed by atoms with Gasteiger partial charge in [-0.25, -0.2) is 8.42 Å². The van der Waals surface area contributed by atoms with Gasteiger partial charge in [-0.1, -0.05) is 11.8 Å². The minimum atomic E-state index is -3.35. The maximum absolute atomic E-state index is 13.1. The van der Waals surface area contributed by atoms with Gasteiger partial charge in [0.15, 0.2) is 15.0 Å². The molecule has 3 atom stereocenters. The average Bonchev–Trinajstić information content (AvgIpc) is 3.30. The zero-order chi connectivity index (χ0) is 27.9. The Morgan fingerprint density at radius 2 is 1.84 bits per heavy atom. The van der Waals surface area contributed by atoms with E-state index in [1.807, 2.05) is 6.92 Å². The number of rotatable bonds is 12. The molecule has 0 bridgehead atoms. The fourth-order valence-corrected chi connectivity index (χ4v) is 5.32. The molecule has 2 unspecified atom stereocenters. The van der Waals surface area contributed by atoms with Crippen LogP contribution in [0.2, 0.25) is 0 Å². The smallest absolute Gasteiger partial charge is 0.327 e. The van der Waals surface area contributed by atoms with Crippen LogP contribution in [-0.4, -0.2) is 77.7 Å². The molecule has 0 aromatic heterocycles. The van der Waals surface area contributed by atoms with Crippen LogP contribution in [0.4, 0.5) is 0 Å². The summed E-state index contributed by atoms with van der Waals surface area (Å²) in [5.74, 6) is 1.20. The number of thioether (sulfide) groups is 1. The highest BCUT2D eigenvalue weighted by Crippen LogP contribution is 2.43. The average molecular weight is 587 g/mol. The first kappa shape index (κ1) is 30.1. The van der Waals surface area contributed by atoms with Crippen LogP contribution in [0.5, 0.6) is 17.2 Å². The number of amides is 1. The second-order valence-corrected chi connectivity index (χ2v) is 13.7. The predicted molar refractivity (Wildman–Crippen MR) is 146 cm³/mol. The molecule has 1 amide bonds. The van der Waals surface area contributed by atoms with Gasteiger partial charge in [0.25, 0.3) is 5.91 Å². The molecule has 14 heteroatoms. The Hall–Kier alpha value is -2.41. The zero-order valence-electron chi connectivity index (χ0n) is 21.7. The molecule has 0 saturated heterocycles. The van der Waals surface area contributed by atoms with Gasteiger partial charge in [0.1, 0.15) is 23.4 Å². The van der Waals surface area contributed by atoms with Crippen LogP contribution in [-0.2, 0) is 28.2 Å². The lowest BCUT2D eigenvalue weighted by atomic mass is 10.2. The Bertz CT molecular complexity index is 1320. The summed E-state index contributed by atoms with van der Waals surface area (Å²) in [6, 6.07) is 10.4. The number of aliphatic imine (C=N–C) groups is 1. The van der Waals surface area contributed by atoms with Gasteiger partial charge >= 0.3 is 7.60 Å². The van der Waals surface area contributed by atoms with Crippen LogP contribution in [0.25, 0.3) is 0 Å². The van der Waals surface area contributed by atoms with E-state index in [0.29, 0.717) is 34.8 Å². The maximum atomic E-state index is 13.1. The molecule has 0 aliphatic carbocycles. The number of nitrogens with one attached hydrogen (secondary N) is 1. The molecule has 1 aliphatic rings. The standard InChI is InChI=1S/C24H31N2O9PS2/c1-16(13-31-2)34-20-10-17(11-21(12-20)35-19-6-8-22(9-7-19)38(5,29)30)23(27)26-24-25-18(15-37-24)14-33-36(4,28)32-3/h6-12,16,18H,13-15H2,1-5H3,(H,25,26,27)/t16-,18?,36?/m0/s1. The highest BCUT2D eigenvalue weighted by atomic mass is 32.2. The van der Waals surface area contributed by atoms with Gasteiger partial charge < -0.3 is 28.6 Å². The molecule has 3 rings (SSSR count). The van der Waals surface area contributed by atoms with Gasteiger partial charge in [-0.3, -0.25) is 14.4 Å². The molecule has 1 aliphatic heterocycles. The Kier molecular flexibility index (Phi) is 10.4. The number of methoxy groups -OCH3 is 1. The molecule has 1 heterocycles. The number of ether oxygens (including phenoxy) is 3. The van der Waals surface area contributed by atoms with E-state index in [1.165, 1.54) is 49.8 Å². The third-order valence-electron chi connectivity index (χ3n) is 5.13. The third-order valence-corrected chi connectivity index (χ3v) is 8.58. The quantitative estimate of drug-likeness (QED) is 0.363. The molecular weight excluding hydrogens is 555 g/mol. The zero-order valence-corrected chi connectivity index (χ0v) is 24.2. The summed E-state index contributed by atoms with van der Waals surface area (Å²) in [6.07, 6.45) is 0.831. The number of carbonyl (C=O) groups excluding carboxylic acids is 1. The molecule has 38 heavy (non-hydrogen) atoms. The van der Waals surface area contributed by atoms with Crippen LogP contribution in [0.1, 0.15) is 17.3 Å². The number of carbonyl (C=O) groups is 1. The lowest BCUT2D eigenvalue weighted by molar-refractivity contribution is 0.0913. The monoisotopic (exact) mass is 586 g/mol. The summed E-state index contributed by atoms with van der Waals surface area (Å²) in [6.45, 7) is 3.64. The minimum absolute atomic E-state index is 0.102. The van der Waals surface area contributed by atoms with Crippen molar-refractivity contribution in [3.05, 3.63) is 48.0 Å². The minimum Gasteiger partial charge on any atom is -0.488 e. The fraction of sp³-hybridized carbons (Fsp3) is 0.417. The van der Waals surface area contributed by atoms with E-state index in [-0.39, 0.29) is 29.2 Å². The van der Waals surface area contributed by atoms with Crippen molar-refractivity contribution in [1.82, 2.24) is 5.32 Å². The first-order valence-corrected chi connectivity index (χ1v) is 16.3. The van der Waals surface area contributed by atoms with E-state index in [4.69, 9.17) is 23.3 Å². The van der Waals surface area contributed by atoms with Gasteiger partial charge in [0, 0.05) is 44.5 Å². The van der Waals surface area contributed by atoms with Gasteiger partial charge in [0.05, 0.1) is 24.2 Å². The van der Waals surface area contributed by atoms with Crippen molar-refractivity contribution in [3.63, 3.8) is 0 Å². The molecule has 2 aromatic carbocycles. The fourth-order valence-electron chi connectivity index (χ4n) is 3.23. The Morgan fingerprint density at radius 3 is 2.47 bits per heavy atom. The highest BCUT2D eigenvalue weighted by Gasteiger charge is 2.24. The first-order valence-electron chi connectivity index (χ1n) is 11.5. The van der Waals surface area contributed by atoms with Crippen LogP contribution >= 0.6 is 19.4 Å². The molecule has 0 radical (unpaired) electrons. The summed E-state index contributed by atoms with van der Waals surface area (Å²) < 4.78 is 62.4. The SMILES string of the molecule is COC[C@H](C)Oc1cc(Oc2ccc(S(C)(=O)=O)cc2)cc(C(=O)NC2=NC(COP(C)(=O)OC)CS2)c1. The number of nitrogens with zero attached hydrogens (tertiary/aromatic N) is 1. The number of hydrogen-bond acceptors (Lipinski definition) is 11. The van der Waals surface area contributed by atoms with Crippen LogP contribution in [0.3, 0.4) is 0 Å². The van der Waals surface area contributed by atoms with Crippen molar-refractivity contribution in [1.29, 1.82) is 0 Å². The maximum Gasteiger partial charge on any atom is 0.327 e. The molecule has 2 aromatic rings. The molecule has 0 fully saturated rings. The Labute approximate surface area is 226 Å². The molecule has 208 valence electrons. The molecular formula is C24H31N2O9PS2. The van der Waals surface area contributed by atoms with E-state index >= 15 is 0 Å². The Balaban J connectivity index is 1.78. The topological polar surface area (TPSA) is 139 Å². The van der Waals surface area contributed by atoms with E-state index in [0.717, 1.165) is 6.26 Å². The van der Waals surface area contributed by atoms with Crippen molar-refractivity contribution in [2.24, 2.45) is 4.99 Å². The number of amidine groups is 1. The summed E-state index contributed by atoms with van der Waals surface area (Å²) >= 11 is 1.34. The van der Waals surface area contributed by atoms with Gasteiger partial charge in [-0.15, -0.1) is 0 Å². The molecule has 1 N–H and O–H groups in total. The number of sulfone groups is 1. The summed E-state index contributed by atoms with van der Waals surface area (Å²) in [7, 11) is -3.59. The summed E-state index contributed by atoms with van der Waals surface area (Å²) in [5, 5.41) is 3.18. The van der Waals surface area contributed by atoms with E-state index in [9.17, 15) is 17.8 Å². The predicted octanol–water partition coefficient (Wildman–Crippen LogP) is 3.98. The van der Waals surface area contributed by atoms with Gasteiger partial charge in [0.2, 0.25) is 0 Å². The van der Waals surface area contributed by atoms with E-state index in [2.05, 4.69) is 10.3 Å². The second kappa shape index (κ2) is 13.1. The van der Waals surface area contributed by atoms with E-state index < -0.39 is 23.3 Å². The number of benzene rings is 2. The number of hydrogen-bond donors (Lipinski definition) is 1. The van der Waals surface area contributed by atoms with E-state index in [1.54, 1.807) is 25.3 Å². The van der Waals surface area contributed by atoms with Crippen LogP contribution in [0, 0.1) is 0 Å². The largest absolute Gasteiger partial charge is 0.488 e. The molecule has 0 saturated carbocycles. The second-order valence-electron chi connectivity index (χ2n) is 8.53. The van der Waals surface area contributed by atoms with Crippen molar-refractivity contribution < 1.29 is 41.0 Å². The normalized spacial score (nSPS) is 17.8. The lowest BCUT2D eigenvalue weighted by Crippen LogP contribution is -2.27. The van der Waals surface area contributed by atoms with Crippen LogP contribution in [0.15, 0.2) is 52.4 Å². The molecule has 0 spiro atoms. The third kappa shape index (κ3) is 9.11. The van der Waals surface area contributed by atoms with Crippen LogP contribution < -0.4 is 14.8 Å². The molecule has 11 nitrogen and oxygen atoms in total. The van der Waals surface area contributed by atoms with Crippen molar-refractivity contribution in [3.8, 4) is 17.2 Å². The summed E-state index contributed by atoms with van der Waals surface area (Å²) in [5.41, 5.74) is 0.260. The first-order chi connectivity index (χ1) is 17.9. The van der Waals surface area contributed by atoms with Crippen molar-refractivity contribution in [2.45, 2.75) is 24.0 Å². The van der Waals surface area contributed by atoms with Crippen molar-refractivity contribution in [2.75, 3.05) is 46.1 Å². The van der Waals surface area contributed by atoms with Crippen molar-refractivity contribution >= 4 is 40.3 Å². The Morgan fingerprint density at radius 1 is 1.16 bits per heavy atom. The summed E-state index contributed by atoms with van der Waals surface area (Å²) in [4.78, 5) is 17.7. The van der Waals surface area contributed by atoms with Gasteiger partial charge in [-0.05, 0) is 43.3 Å². The lowest BCUT2D eigenvalue weighted by Gasteiger charge is -2.16. The van der Waals surface area contributed by atoms with Gasteiger partial charge in [-0.2, -0.15) is 0 Å².